The van der Waals surface area contributed by atoms with Gasteiger partial charge >= 0.3 is 5.97 Å². The summed E-state index contributed by atoms with van der Waals surface area (Å²) in [6, 6.07) is 0. The summed E-state index contributed by atoms with van der Waals surface area (Å²) in [4.78, 5) is 12.4. The van der Waals surface area contributed by atoms with Gasteiger partial charge < -0.3 is 14.4 Å². The fourth-order valence-corrected chi connectivity index (χ4v) is 0.530. The minimum absolute atomic E-state index is 0.421. The van der Waals surface area contributed by atoms with Gasteiger partial charge in [0, 0.05) is 14.1 Å². The molecule has 4 nitrogen and oxygen atoms in total. The lowest BCUT2D eigenvalue weighted by atomic mass is 10.5. The van der Waals surface area contributed by atoms with Gasteiger partial charge in [0.15, 0.2) is 5.88 Å². The van der Waals surface area contributed by atoms with Crippen molar-refractivity contribution < 1.29 is 14.3 Å². The van der Waals surface area contributed by atoms with Gasteiger partial charge in [-0.2, -0.15) is 0 Å². The molecule has 0 aromatic heterocycles. The molecule has 0 aromatic carbocycles. The molecule has 0 amide bonds. The summed E-state index contributed by atoms with van der Waals surface area (Å²) in [6.07, 6.45) is 1.28. The standard InChI is InChI=1S/C7H13NO3/c1-8(2)6(10-3)5-7(9)11-4/h5H,1-4H3. The highest BCUT2D eigenvalue weighted by Crippen LogP contribution is 1.98. The van der Waals surface area contributed by atoms with Gasteiger partial charge in [0.05, 0.1) is 20.3 Å². The maximum atomic E-state index is 10.7. The minimum atomic E-state index is -0.421. The second-order valence-electron chi connectivity index (χ2n) is 2.10. The monoisotopic (exact) mass is 159 g/mol. The molecule has 0 N–H and O–H groups in total. The average molecular weight is 159 g/mol. The third kappa shape index (κ3) is 3.50. The maximum Gasteiger partial charge on any atom is 0.335 e. The lowest BCUT2D eigenvalue weighted by Gasteiger charge is -2.14. The number of methoxy groups -OCH3 is 2. The Morgan fingerprint density at radius 3 is 2.09 bits per heavy atom. The zero-order valence-electron chi connectivity index (χ0n) is 7.25. The van der Waals surface area contributed by atoms with E-state index < -0.39 is 5.97 Å². The molecule has 0 aliphatic carbocycles. The van der Waals surface area contributed by atoms with Crippen LogP contribution in [0, 0.1) is 0 Å². The van der Waals surface area contributed by atoms with Crippen LogP contribution in [-0.2, 0) is 14.3 Å². The molecule has 0 bridgehead atoms. The topological polar surface area (TPSA) is 38.8 Å². The summed E-state index contributed by atoms with van der Waals surface area (Å²) in [5.74, 6) is 0.0485. The molecule has 0 atom stereocenters. The van der Waals surface area contributed by atoms with Crippen molar-refractivity contribution in [1.29, 1.82) is 0 Å². The van der Waals surface area contributed by atoms with E-state index in [-0.39, 0.29) is 0 Å². The van der Waals surface area contributed by atoms with Crippen LogP contribution in [0.3, 0.4) is 0 Å². The van der Waals surface area contributed by atoms with Crippen molar-refractivity contribution in [3.8, 4) is 0 Å². The number of hydrogen-bond acceptors (Lipinski definition) is 4. The summed E-state index contributed by atoms with van der Waals surface area (Å²) in [7, 11) is 6.37. The van der Waals surface area contributed by atoms with Gasteiger partial charge in [-0.3, -0.25) is 0 Å². The Labute approximate surface area is 66.4 Å². The van der Waals surface area contributed by atoms with E-state index in [2.05, 4.69) is 4.74 Å². The molecule has 0 radical (unpaired) electrons. The van der Waals surface area contributed by atoms with Crippen LogP contribution < -0.4 is 0 Å². The van der Waals surface area contributed by atoms with Gasteiger partial charge in [-0.05, 0) is 0 Å². The summed E-state index contributed by atoms with van der Waals surface area (Å²) in [5.41, 5.74) is 0. The SMILES string of the molecule is COC(=O)C=C(OC)N(C)C. The normalized spacial score (nSPS) is 10.7. The van der Waals surface area contributed by atoms with E-state index in [1.165, 1.54) is 20.3 Å². The second-order valence-corrected chi connectivity index (χ2v) is 2.10. The van der Waals surface area contributed by atoms with Gasteiger partial charge in [-0.25, -0.2) is 4.79 Å². The highest BCUT2D eigenvalue weighted by molar-refractivity contribution is 5.82. The molecule has 0 aromatic rings. The summed E-state index contributed by atoms with van der Waals surface area (Å²) in [6.45, 7) is 0. The molecule has 0 rings (SSSR count). The van der Waals surface area contributed by atoms with Crippen LogP contribution in [0.15, 0.2) is 12.0 Å². The first-order valence-corrected chi connectivity index (χ1v) is 3.12. The summed E-state index contributed by atoms with van der Waals surface area (Å²) in [5, 5.41) is 0. The zero-order valence-corrected chi connectivity index (χ0v) is 7.25. The van der Waals surface area contributed by atoms with E-state index in [0.29, 0.717) is 5.88 Å². The second kappa shape index (κ2) is 4.60. The molecule has 0 fully saturated rings. The number of esters is 1. The Morgan fingerprint density at radius 1 is 1.27 bits per heavy atom. The van der Waals surface area contributed by atoms with Crippen molar-refractivity contribution in [2.24, 2.45) is 0 Å². The molecular weight excluding hydrogens is 146 g/mol. The fourth-order valence-electron chi connectivity index (χ4n) is 0.530. The molecule has 0 aliphatic heterocycles. The Balaban J connectivity index is 4.23. The van der Waals surface area contributed by atoms with Gasteiger partial charge in [0.1, 0.15) is 0 Å². The number of hydrogen-bond donors (Lipinski definition) is 0. The maximum absolute atomic E-state index is 10.7. The van der Waals surface area contributed by atoms with Crippen LogP contribution in [0.4, 0.5) is 0 Å². The number of carbonyl (C=O) groups excluding carboxylic acids is 1. The lowest BCUT2D eigenvalue weighted by molar-refractivity contribution is -0.135. The summed E-state index contributed by atoms with van der Waals surface area (Å²) >= 11 is 0. The molecule has 64 valence electrons. The average Bonchev–Trinajstić information content (AvgIpc) is 1.99. The van der Waals surface area contributed by atoms with Crippen molar-refractivity contribution >= 4 is 5.97 Å². The molecule has 4 heteroatoms. The highest BCUT2D eigenvalue weighted by atomic mass is 16.5. The highest BCUT2D eigenvalue weighted by Gasteiger charge is 2.02. The Hall–Kier alpha value is -1.19. The van der Waals surface area contributed by atoms with Crippen LogP contribution in [0.5, 0.6) is 0 Å². The molecule has 11 heavy (non-hydrogen) atoms. The molecule has 0 heterocycles. The van der Waals surface area contributed by atoms with Gasteiger partial charge in [-0.1, -0.05) is 0 Å². The Kier molecular flexibility index (Phi) is 4.10. The third-order valence-corrected chi connectivity index (χ3v) is 1.09. The van der Waals surface area contributed by atoms with Crippen molar-refractivity contribution in [3.05, 3.63) is 12.0 Å². The molecule has 0 saturated heterocycles. The smallest absolute Gasteiger partial charge is 0.335 e. The molecule has 0 aliphatic rings. The largest absolute Gasteiger partial charge is 0.482 e. The van der Waals surface area contributed by atoms with Crippen molar-refractivity contribution in [2.75, 3.05) is 28.3 Å². The van der Waals surface area contributed by atoms with E-state index in [1.54, 1.807) is 19.0 Å². The van der Waals surface area contributed by atoms with Gasteiger partial charge in [-0.15, -0.1) is 0 Å². The predicted octanol–water partition coefficient (Wildman–Crippen LogP) is 0.209. The minimum Gasteiger partial charge on any atom is -0.482 e. The first kappa shape index (κ1) is 9.81. The number of nitrogens with zero attached hydrogens (tertiary/aromatic N) is 1. The quantitative estimate of drug-likeness (QED) is 0.335. The molecule has 0 unspecified atom stereocenters. The predicted molar refractivity (Wildman–Crippen MR) is 40.8 cm³/mol. The van der Waals surface area contributed by atoms with Crippen molar-refractivity contribution in [1.82, 2.24) is 4.90 Å². The van der Waals surface area contributed by atoms with Crippen LogP contribution in [0.2, 0.25) is 0 Å². The van der Waals surface area contributed by atoms with Crippen LogP contribution in [-0.4, -0.2) is 39.2 Å². The first-order valence-electron chi connectivity index (χ1n) is 3.12. The first-order chi connectivity index (χ1) is 5.11. The fraction of sp³-hybridized carbons (Fsp3) is 0.571. The Morgan fingerprint density at radius 2 is 1.82 bits per heavy atom. The molecule has 0 spiro atoms. The number of ether oxygens (including phenoxy) is 2. The summed E-state index contributed by atoms with van der Waals surface area (Å²) < 4.78 is 9.28. The van der Waals surface area contributed by atoms with Crippen LogP contribution in [0.1, 0.15) is 0 Å². The van der Waals surface area contributed by atoms with Crippen molar-refractivity contribution in [3.63, 3.8) is 0 Å². The van der Waals surface area contributed by atoms with E-state index in [4.69, 9.17) is 4.74 Å². The van der Waals surface area contributed by atoms with Gasteiger partial charge in [0.2, 0.25) is 0 Å². The number of carbonyl (C=O) groups is 1. The Bertz CT molecular complexity index is 163. The van der Waals surface area contributed by atoms with E-state index >= 15 is 0 Å². The molecule has 0 saturated carbocycles. The lowest BCUT2D eigenvalue weighted by Crippen LogP contribution is -2.14. The van der Waals surface area contributed by atoms with E-state index in [0.717, 1.165) is 0 Å². The third-order valence-electron chi connectivity index (χ3n) is 1.09. The van der Waals surface area contributed by atoms with Crippen molar-refractivity contribution in [2.45, 2.75) is 0 Å². The zero-order chi connectivity index (χ0) is 8.85. The molecular formula is C7H13NO3. The number of rotatable bonds is 3. The van der Waals surface area contributed by atoms with Crippen LogP contribution >= 0.6 is 0 Å². The van der Waals surface area contributed by atoms with E-state index in [9.17, 15) is 4.79 Å². The van der Waals surface area contributed by atoms with E-state index in [1.807, 2.05) is 0 Å². The van der Waals surface area contributed by atoms with Crippen LogP contribution in [0.25, 0.3) is 0 Å². The van der Waals surface area contributed by atoms with Gasteiger partial charge in [0.25, 0.3) is 0 Å².